The van der Waals surface area contributed by atoms with E-state index in [2.05, 4.69) is 15.6 Å². The predicted octanol–water partition coefficient (Wildman–Crippen LogP) is 3.94. The highest BCUT2D eigenvalue weighted by atomic mass is 127. The minimum Gasteiger partial charge on any atom is -0.356 e. The van der Waals surface area contributed by atoms with Crippen molar-refractivity contribution >= 4 is 29.9 Å². The summed E-state index contributed by atoms with van der Waals surface area (Å²) in [4.78, 5) is 4.14. The van der Waals surface area contributed by atoms with Crippen molar-refractivity contribution in [1.29, 1.82) is 0 Å². The van der Waals surface area contributed by atoms with Crippen molar-refractivity contribution in [1.82, 2.24) is 10.6 Å². The van der Waals surface area contributed by atoms with E-state index in [0.29, 0.717) is 13.0 Å². The van der Waals surface area contributed by atoms with E-state index < -0.39 is 12.1 Å². The number of nitrogens with one attached hydrogen (secondary N) is 2. The third-order valence-electron chi connectivity index (χ3n) is 4.81. The van der Waals surface area contributed by atoms with Crippen LogP contribution < -0.4 is 10.6 Å². The molecule has 0 aromatic rings. The molecule has 130 valence electrons. The van der Waals surface area contributed by atoms with E-state index in [-0.39, 0.29) is 42.7 Å². The Hall–Kier alpha value is -0.210. The molecule has 0 amide bonds. The Labute approximate surface area is 147 Å². The van der Waals surface area contributed by atoms with Crippen LogP contribution in [0.2, 0.25) is 0 Å². The molecule has 2 aliphatic carbocycles. The normalized spacial score (nSPS) is 26.8. The smallest absolute Gasteiger partial charge is 0.356 e. The SMILES string of the molecule is CN=C(NCC1CCC1)NCC1CCCC(C(F)(F)F)C1.I. The lowest BCUT2D eigenvalue weighted by Gasteiger charge is -2.31. The minimum absolute atomic E-state index is 0. The van der Waals surface area contributed by atoms with Gasteiger partial charge in [-0.05, 0) is 43.9 Å². The summed E-state index contributed by atoms with van der Waals surface area (Å²) in [6, 6.07) is 0. The second-order valence-electron chi connectivity index (χ2n) is 6.40. The first-order chi connectivity index (χ1) is 9.99. The number of alkyl halides is 3. The molecular formula is C15H27F3IN3. The van der Waals surface area contributed by atoms with Crippen LogP contribution in [0.15, 0.2) is 4.99 Å². The summed E-state index contributed by atoms with van der Waals surface area (Å²) in [6.45, 7) is 1.49. The van der Waals surface area contributed by atoms with E-state index in [9.17, 15) is 13.2 Å². The first-order valence-corrected chi connectivity index (χ1v) is 8.00. The zero-order chi connectivity index (χ0) is 15.3. The third-order valence-corrected chi connectivity index (χ3v) is 4.81. The number of aliphatic imine (C=N–C) groups is 1. The van der Waals surface area contributed by atoms with Gasteiger partial charge in [0.15, 0.2) is 5.96 Å². The van der Waals surface area contributed by atoms with Gasteiger partial charge >= 0.3 is 6.18 Å². The average molecular weight is 433 g/mol. The van der Waals surface area contributed by atoms with E-state index in [0.717, 1.165) is 24.8 Å². The summed E-state index contributed by atoms with van der Waals surface area (Å²) in [5.74, 6) is 0.416. The standard InChI is InChI=1S/C15H26F3N3.HI/c1-19-14(20-9-11-4-2-5-11)21-10-12-6-3-7-13(8-12)15(16,17)18;/h11-13H,2-10H2,1H3,(H2,19,20,21);1H. The van der Waals surface area contributed by atoms with Crippen LogP contribution in [0.3, 0.4) is 0 Å². The van der Waals surface area contributed by atoms with Crippen LogP contribution >= 0.6 is 24.0 Å². The molecule has 2 atom stereocenters. The fraction of sp³-hybridized carbons (Fsp3) is 0.933. The second-order valence-corrected chi connectivity index (χ2v) is 6.40. The highest BCUT2D eigenvalue weighted by Gasteiger charge is 2.42. The van der Waals surface area contributed by atoms with Crippen molar-refractivity contribution in [3.05, 3.63) is 0 Å². The molecule has 0 aromatic carbocycles. The Morgan fingerprint density at radius 2 is 1.55 bits per heavy atom. The van der Waals surface area contributed by atoms with E-state index >= 15 is 0 Å². The van der Waals surface area contributed by atoms with Gasteiger partial charge in [0.05, 0.1) is 5.92 Å². The minimum atomic E-state index is -4.04. The Morgan fingerprint density at radius 3 is 2.05 bits per heavy atom. The lowest BCUT2D eigenvalue weighted by Crippen LogP contribution is -2.43. The lowest BCUT2D eigenvalue weighted by atomic mass is 9.81. The summed E-state index contributed by atoms with van der Waals surface area (Å²) in [5.41, 5.74) is 0. The van der Waals surface area contributed by atoms with Gasteiger partial charge in [-0.3, -0.25) is 4.99 Å². The van der Waals surface area contributed by atoms with E-state index in [1.807, 2.05) is 0 Å². The Morgan fingerprint density at radius 1 is 1.00 bits per heavy atom. The Balaban J connectivity index is 0.00000242. The summed E-state index contributed by atoms with van der Waals surface area (Å²) in [5, 5.41) is 6.46. The van der Waals surface area contributed by atoms with Crippen molar-refractivity contribution in [2.45, 2.75) is 51.1 Å². The highest BCUT2D eigenvalue weighted by Crippen LogP contribution is 2.39. The van der Waals surface area contributed by atoms with Gasteiger partial charge < -0.3 is 10.6 Å². The van der Waals surface area contributed by atoms with Gasteiger partial charge in [0.25, 0.3) is 0 Å². The van der Waals surface area contributed by atoms with Crippen LogP contribution in [0.1, 0.15) is 44.9 Å². The van der Waals surface area contributed by atoms with Crippen LogP contribution in [0, 0.1) is 17.8 Å². The van der Waals surface area contributed by atoms with Gasteiger partial charge in [0, 0.05) is 20.1 Å². The predicted molar refractivity (Wildman–Crippen MR) is 93.6 cm³/mol. The maximum atomic E-state index is 12.8. The average Bonchev–Trinajstić information content (AvgIpc) is 2.40. The van der Waals surface area contributed by atoms with Crippen LogP contribution in [-0.4, -0.2) is 32.3 Å². The van der Waals surface area contributed by atoms with Gasteiger partial charge in [-0.25, -0.2) is 0 Å². The number of halogens is 4. The molecule has 2 rings (SSSR count). The maximum absolute atomic E-state index is 12.8. The van der Waals surface area contributed by atoms with Gasteiger partial charge in [-0.2, -0.15) is 13.2 Å². The van der Waals surface area contributed by atoms with Crippen LogP contribution in [0.25, 0.3) is 0 Å². The zero-order valence-corrected chi connectivity index (χ0v) is 15.4. The molecule has 0 aliphatic heterocycles. The lowest BCUT2D eigenvalue weighted by molar-refractivity contribution is -0.185. The van der Waals surface area contributed by atoms with Crippen LogP contribution in [0.4, 0.5) is 13.2 Å². The maximum Gasteiger partial charge on any atom is 0.391 e. The quantitative estimate of drug-likeness (QED) is 0.401. The molecule has 7 heteroatoms. The number of nitrogens with zero attached hydrogens (tertiary/aromatic N) is 1. The summed E-state index contributed by atoms with van der Waals surface area (Å²) in [7, 11) is 1.70. The first kappa shape index (κ1) is 19.8. The molecule has 3 nitrogen and oxygen atoms in total. The van der Waals surface area contributed by atoms with Crippen molar-refractivity contribution in [3.63, 3.8) is 0 Å². The molecule has 0 saturated heterocycles. The molecule has 0 heterocycles. The highest BCUT2D eigenvalue weighted by molar-refractivity contribution is 14.0. The van der Waals surface area contributed by atoms with Gasteiger partial charge in [-0.1, -0.05) is 12.8 Å². The molecule has 0 radical (unpaired) electrons. The summed E-state index contributed by atoms with van der Waals surface area (Å²) < 4.78 is 38.3. The summed E-state index contributed by atoms with van der Waals surface area (Å²) >= 11 is 0. The molecular weight excluding hydrogens is 406 g/mol. The monoisotopic (exact) mass is 433 g/mol. The van der Waals surface area contributed by atoms with Crippen LogP contribution in [0.5, 0.6) is 0 Å². The number of hydrogen-bond acceptors (Lipinski definition) is 1. The number of guanidine groups is 1. The van der Waals surface area contributed by atoms with Crippen molar-refractivity contribution in [3.8, 4) is 0 Å². The van der Waals surface area contributed by atoms with Gasteiger partial charge in [-0.15, -0.1) is 24.0 Å². The van der Waals surface area contributed by atoms with Crippen molar-refractivity contribution < 1.29 is 13.2 Å². The first-order valence-electron chi connectivity index (χ1n) is 8.00. The largest absolute Gasteiger partial charge is 0.391 e. The second kappa shape index (κ2) is 9.17. The van der Waals surface area contributed by atoms with Crippen molar-refractivity contribution in [2.24, 2.45) is 22.7 Å². The fourth-order valence-electron chi connectivity index (χ4n) is 3.17. The molecule has 0 bridgehead atoms. The van der Waals surface area contributed by atoms with Crippen molar-refractivity contribution in [2.75, 3.05) is 20.1 Å². The molecule has 2 fully saturated rings. The zero-order valence-electron chi connectivity index (χ0n) is 13.1. The topological polar surface area (TPSA) is 36.4 Å². The van der Waals surface area contributed by atoms with Gasteiger partial charge in [0.1, 0.15) is 0 Å². The fourth-order valence-corrected chi connectivity index (χ4v) is 3.17. The van der Waals surface area contributed by atoms with E-state index in [1.165, 1.54) is 19.3 Å². The number of hydrogen-bond donors (Lipinski definition) is 2. The molecule has 0 aromatic heterocycles. The molecule has 2 aliphatic rings. The molecule has 22 heavy (non-hydrogen) atoms. The molecule has 2 saturated carbocycles. The van der Waals surface area contributed by atoms with Gasteiger partial charge in [0.2, 0.25) is 0 Å². The Kier molecular flexibility index (Phi) is 8.27. The molecule has 2 unspecified atom stereocenters. The summed E-state index contributed by atoms with van der Waals surface area (Å²) in [6.07, 6.45) is 1.87. The number of rotatable bonds is 4. The van der Waals surface area contributed by atoms with E-state index in [1.54, 1.807) is 7.05 Å². The Bertz CT molecular complexity index is 356. The molecule has 2 N–H and O–H groups in total. The molecule has 0 spiro atoms. The van der Waals surface area contributed by atoms with E-state index in [4.69, 9.17) is 0 Å². The van der Waals surface area contributed by atoms with Crippen LogP contribution in [-0.2, 0) is 0 Å². The third kappa shape index (κ3) is 6.12.